The molecule has 0 radical (unpaired) electrons. The standard InChI is InChI=1S/C27H30N6O5/c1-18-16-24(34)28-29-25(18)19-8-9-22(23(17-19)33(37)38)31-14-12-30(13-15-31)10-4-5-11-32-26(35)20-6-2-3-7-21(20)27(32)36/h2-3,6-9,17-18H,4-5,10-16H2,1H3,(H,28,34). The number of hydrogen-bond donors (Lipinski definition) is 1. The number of rotatable bonds is 8. The number of nitro groups is 1. The summed E-state index contributed by atoms with van der Waals surface area (Å²) in [5.41, 5.74) is 5.32. The number of carbonyl (C=O) groups is 3. The molecule has 5 rings (SSSR count). The highest BCUT2D eigenvalue weighted by atomic mass is 16.6. The van der Waals surface area contributed by atoms with Crippen LogP contribution in [0.4, 0.5) is 11.4 Å². The molecule has 11 heteroatoms. The summed E-state index contributed by atoms with van der Waals surface area (Å²) in [5.74, 6) is -0.716. The summed E-state index contributed by atoms with van der Waals surface area (Å²) in [4.78, 5) is 53.8. The van der Waals surface area contributed by atoms with Crippen molar-refractivity contribution in [1.82, 2.24) is 15.2 Å². The third-order valence-corrected chi connectivity index (χ3v) is 7.42. The Labute approximate surface area is 220 Å². The van der Waals surface area contributed by atoms with Gasteiger partial charge in [-0.25, -0.2) is 5.43 Å². The van der Waals surface area contributed by atoms with Crippen molar-refractivity contribution in [3.05, 3.63) is 69.3 Å². The van der Waals surface area contributed by atoms with Gasteiger partial charge in [0.2, 0.25) is 5.91 Å². The lowest BCUT2D eigenvalue weighted by atomic mass is 9.93. The van der Waals surface area contributed by atoms with Gasteiger partial charge in [0.25, 0.3) is 17.5 Å². The fraction of sp³-hybridized carbons (Fsp3) is 0.407. The normalized spacial score (nSPS) is 19.9. The Bertz CT molecular complexity index is 1280. The molecule has 0 aromatic heterocycles. The van der Waals surface area contributed by atoms with Gasteiger partial charge in [0, 0.05) is 56.7 Å². The SMILES string of the molecule is CC1CC(=O)NN=C1c1ccc(N2CCN(CCCCN3C(=O)c4ccccc4C3=O)CC2)c([N+](=O)[O-])c1. The predicted octanol–water partition coefficient (Wildman–Crippen LogP) is 2.65. The van der Waals surface area contributed by atoms with E-state index in [1.807, 2.05) is 17.9 Å². The van der Waals surface area contributed by atoms with E-state index in [1.165, 1.54) is 4.90 Å². The van der Waals surface area contributed by atoms with E-state index >= 15 is 0 Å². The molecule has 3 aliphatic heterocycles. The number of nitrogens with zero attached hydrogens (tertiary/aromatic N) is 5. The maximum Gasteiger partial charge on any atom is 0.293 e. The van der Waals surface area contributed by atoms with Gasteiger partial charge >= 0.3 is 0 Å². The monoisotopic (exact) mass is 518 g/mol. The van der Waals surface area contributed by atoms with Crippen LogP contribution in [0, 0.1) is 16.0 Å². The molecule has 2 aromatic rings. The lowest BCUT2D eigenvalue weighted by Crippen LogP contribution is -2.47. The van der Waals surface area contributed by atoms with E-state index in [0.717, 1.165) is 32.5 Å². The average Bonchev–Trinajstić information content (AvgIpc) is 3.16. The number of benzene rings is 2. The van der Waals surface area contributed by atoms with Gasteiger partial charge in [-0.15, -0.1) is 0 Å². The van der Waals surface area contributed by atoms with Gasteiger partial charge in [-0.2, -0.15) is 5.10 Å². The van der Waals surface area contributed by atoms with Gasteiger partial charge < -0.3 is 4.90 Å². The number of anilines is 1. The Morgan fingerprint density at radius 2 is 1.63 bits per heavy atom. The van der Waals surface area contributed by atoms with E-state index in [9.17, 15) is 24.5 Å². The number of amides is 3. The molecule has 3 amide bonds. The van der Waals surface area contributed by atoms with E-state index in [1.54, 1.807) is 36.4 Å². The van der Waals surface area contributed by atoms with Crippen LogP contribution in [0.2, 0.25) is 0 Å². The van der Waals surface area contributed by atoms with Crippen LogP contribution < -0.4 is 10.3 Å². The fourth-order valence-electron chi connectivity index (χ4n) is 5.36. The molecule has 3 aliphatic rings. The maximum atomic E-state index is 12.5. The zero-order valence-corrected chi connectivity index (χ0v) is 21.3. The van der Waals surface area contributed by atoms with Gasteiger partial charge in [0.15, 0.2) is 0 Å². The first-order chi connectivity index (χ1) is 18.3. The van der Waals surface area contributed by atoms with Crippen LogP contribution in [-0.2, 0) is 4.79 Å². The number of unbranched alkanes of at least 4 members (excludes halogenated alkanes) is 1. The summed E-state index contributed by atoms with van der Waals surface area (Å²) in [6.07, 6.45) is 1.87. The average molecular weight is 519 g/mol. The maximum absolute atomic E-state index is 12.5. The van der Waals surface area contributed by atoms with Crippen LogP contribution in [0.3, 0.4) is 0 Å². The Morgan fingerprint density at radius 1 is 0.974 bits per heavy atom. The molecule has 3 heterocycles. The number of imide groups is 1. The number of fused-ring (bicyclic) bond motifs is 1. The highest BCUT2D eigenvalue weighted by Gasteiger charge is 2.34. The Hall–Kier alpha value is -4.12. The number of hydrazone groups is 1. The number of carbonyl (C=O) groups excluding carboxylic acids is 3. The summed E-state index contributed by atoms with van der Waals surface area (Å²) >= 11 is 0. The van der Waals surface area contributed by atoms with Crippen molar-refractivity contribution in [2.75, 3.05) is 44.2 Å². The van der Waals surface area contributed by atoms with Crippen LogP contribution in [0.25, 0.3) is 0 Å². The molecule has 38 heavy (non-hydrogen) atoms. The minimum Gasteiger partial charge on any atom is -0.363 e. The predicted molar refractivity (Wildman–Crippen MR) is 141 cm³/mol. The quantitative estimate of drug-likeness (QED) is 0.246. The van der Waals surface area contributed by atoms with Crippen molar-refractivity contribution in [1.29, 1.82) is 0 Å². The van der Waals surface area contributed by atoms with Crippen molar-refractivity contribution < 1.29 is 19.3 Å². The molecule has 1 unspecified atom stereocenters. The van der Waals surface area contributed by atoms with Gasteiger partial charge in [0.05, 0.1) is 21.8 Å². The van der Waals surface area contributed by atoms with E-state index in [0.29, 0.717) is 54.1 Å². The number of hydrogen-bond acceptors (Lipinski definition) is 8. The minimum absolute atomic E-state index is 0.0312. The summed E-state index contributed by atoms with van der Waals surface area (Å²) in [6, 6.07) is 12.1. The molecule has 1 atom stereocenters. The second kappa shape index (κ2) is 10.7. The van der Waals surface area contributed by atoms with Crippen molar-refractivity contribution in [2.24, 2.45) is 11.0 Å². The molecule has 1 fully saturated rings. The van der Waals surface area contributed by atoms with Crippen LogP contribution in [0.15, 0.2) is 47.6 Å². The minimum atomic E-state index is -0.364. The zero-order valence-electron chi connectivity index (χ0n) is 21.3. The second-order valence-corrected chi connectivity index (χ2v) is 9.94. The van der Waals surface area contributed by atoms with Gasteiger partial charge in [-0.1, -0.05) is 25.1 Å². The van der Waals surface area contributed by atoms with E-state index in [-0.39, 0.29) is 34.3 Å². The second-order valence-electron chi connectivity index (χ2n) is 9.94. The first-order valence-electron chi connectivity index (χ1n) is 12.9. The van der Waals surface area contributed by atoms with E-state index < -0.39 is 0 Å². The molecule has 0 bridgehead atoms. The van der Waals surface area contributed by atoms with Crippen molar-refractivity contribution >= 4 is 34.8 Å². The van der Waals surface area contributed by atoms with Gasteiger partial charge in [-0.05, 0) is 37.6 Å². The first kappa shape index (κ1) is 25.5. The largest absolute Gasteiger partial charge is 0.363 e. The Balaban J connectivity index is 1.13. The lowest BCUT2D eigenvalue weighted by molar-refractivity contribution is -0.384. The van der Waals surface area contributed by atoms with Gasteiger partial charge in [-0.3, -0.25) is 34.3 Å². The first-order valence-corrected chi connectivity index (χ1v) is 12.9. The van der Waals surface area contributed by atoms with Crippen molar-refractivity contribution in [3.8, 4) is 0 Å². The summed E-state index contributed by atoms with van der Waals surface area (Å²) in [7, 11) is 0. The zero-order chi connectivity index (χ0) is 26.8. The molecule has 0 aliphatic carbocycles. The third-order valence-electron chi connectivity index (χ3n) is 7.42. The molecule has 0 saturated carbocycles. The molecule has 1 saturated heterocycles. The van der Waals surface area contributed by atoms with Crippen molar-refractivity contribution in [3.63, 3.8) is 0 Å². The molecule has 2 aromatic carbocycles. The fourth-order valence-corrected chi connectivity index (χ4v) is 5.36. The molecular formula is C27H30N6O5. The smallest absolute Gasteiger partial charge is 0.293 e. The molecule has 11 nitrogen and oxygen atoms in total. The van der Waals surface area contributed by atoms with Crippen LogP contribution in [-0.4, -0.2) is 77.4 Å². The molecule has 0 spiro atoms. The Kier molecular flexibility index (Phi) is 7.19. The van der Waals surface area contributed by atoms with Crippen LogP contribution >= 0.6 is 0 Å². The van der Waals surface area contributed by atoms with Gasteiger partial charge in [0.1, 0.15) is 5.69 Å². The van der Waals surface area contributed by atoms with Crippen LogP contribution in [0.1, 0.15) is 52.5 Å². The van der Waals surface area contributed by atoms with Crippen LogP contribution in [0.5, 0.6) is 0 Å². The highest BCUT2D eigenvalue weighted by molar-refractivity contribution is 6.21. The highest BCUT2D eigenvalue weighted by Crippen LogP contribution is 2.32. The summed E-state index contributed by atoms with van der Waals surface area (Å²) < 4.78 is 0. The topological polar surface area (TPSA) is 128 Å². The molecular weight excluding hydrogens is 488 g/mol. The number of nitro benzene ring substituents is 1. The number of nitrogens with one attached hydrogen (secondary N) is 1. The lowest BCUT2D eigenvalue weighted by Gasteiger charge is -2.36. The van der Waals surface area contributed by atoms with Crippen molar-refractivity contribution in [2.45, 2.75) is 26.2 Å². The molecule has 1 N–H and O–H groups in total. The summed E-state index contributed by atoms with van der Waals surface area (Å²) in [5, 5.41) is 16.0. The third kappa shape index (κ3) is 5.01. The Morgan fingerprint density at radius 3 is 2.26 bits per heavy atom. The number of piperazine rings is 1. The van der Waals surface area contributed by atoms with E-state index in [4.69, 9.17) is 0 Å². The molecule has 198 valence electrons. The van der Waals surface area contributed by atoms with E-state index in [2.05, 4.69) is 15.4 Å². The summed E-state index contributed by atoms with van der Waals surface area (Å²) in [6.45, 7) is 5.97.